The van der Waals surface area contributed by atoms with Crippen LogP contribution >= 0.6 is 11.6 Å². The molecule has 11 nitrogen and oxygen atoms in total. The van der Waals surface area contributed by atoms with Crippen molar-refractivity contribution in [3.8, 4) is 5.75 Å². The van der Waals surface area contributed by atoms with Crippen LogP contribution in [0, 0.1) is 0 Å². The van der Waals surface area contributed by atoms with Crippen molar-refractivity contribution >= 4 is 41.2 Å². The molecule has 3 N–H and O–H groups in total. The third-order valence-electron chi connectivity index (χ3n) is 5.88. The number of carbonyl (C=O) groups is 4. The number of nitrogen functional groups attached to an aromatic ring is 1. The summed E-state index contributed by atoms with van der Waals surface area (Å²) in [7, 11) is 0. The molecule has 1 saturated heterocycles. The standard InChI is InChI=1S/C27H30ClNO10/c1-13(30)35-12-23-25(36-14(2)31)27(38-16(4)33)26(37-15(3)32)24(39-23)18-6-7-20(28)19(11-18)9-17-5-8-22(34)21(29)10-17/h5-8,10-11,23-27,34H,9,12,29H2,1-4H3/t23-,24+,25-,26+,27+/m1/s1. The summed E-state index contributed by atoms with van der Waals surface area (Å²) in [5.74, 6) is -2.78. The van der Waals surface area contributed by atoms with Crippen LogP contribution in [-0.2, 0) is 49.3 Å². The fourth-order valence-corrected chi connectivity index (χ4v) is 4.52. The molecule has 2 aromatic rings. The number of benzene rings is 2. The second-order valence-corrected chi connectivity index (χ2v) is 9.45. The molecule has 0 amide bonds. The van der Waals surface area contributed by atoms with Gasteiger partial charge in [-0.1, -0.05) is 29.8 Å². The number of hydrogen-bond donors (Lipinski definition) is 2. The molecule has 1 heterocycles. The van der Waals surface area contributed by atoms with Gasteiger partial charge in [-0.2, -0.15) is 0 Å². The number of phenolic OH excluding ortho intramolecular Hbond substituents is 1. The third kappa shape index (κ3) is 7.84. The fraction of sp³-hybridized carbons (Fsp3) is 0.407. The Morgan fingerprint density at radius 2 is 1.49 bits per heavy atom. The number of ether oxygens (including phenoxy) is 5. The van der Waals surface area contributed by atoms with E-state index < -0.39 is 54.4 Å². The molecular weight excluding hydrogens is 534 g/mol. The minimum absolute atomic E-state index is 0.0453. The van der Waals surface area contributed by atoms with Crippen molar-refractivity contribution in [3.05, 3.63) is 58.1 Å². The zero-order valence-electron chi connectivity index (χ0n) is 21.8. The van der Waals surface area contributed by atoms with Crippen LogP contribution in [0.3, 0.4) is 0 Å². The summed E-state index contributed by atoms with van der Waals surface area (Å²) in [5, 5.41) is 10.2. The molecule has 5 atom stereocenters. The zero-order chi connectivity index (χ0) is 28.9. The van der Waals surface area contributed by atoms with Crippen molar-refractivity contribution in [3.63, 3.8) is 0 Å². The molecule has 0 saturated carbocycles. The number of aromatic hydroxyl groups is 1. The van der Waals surface area contributed by atoms with Crippen molar-refractivity contribution in [2.24, 2.45) is 0 Å². The van der Waals surface area contributed by atoms with Gasteiger partial charge in [0.05, 0.1) is 5.69 Å². The average Bonchev–Trinajstić information content (AvgIpc) is 2.83. The predicted molar refractivity (Wildman–Crippen MR) is 138 cm³/mol. The topological polar surface area (TPSA) is 161 Å². The lowest BCUT2D eigenvalue weighted by molar-refractivity contribution is -0.254. The highest BCUT2D eigenvalue weighted by molar-refractivity contribution is 6.31. The van der Waals surface area contributed by atoms with Gasteiger partial charge in [-0.05, 0) is 41.3 Å². The minimum atomic E-state index is -1.29. The number of phenols is 1. The van der Waals surface area contributed by atoms with Gasteiger partial charge < -0.3 is 34.5 Å². The van der Waals surface area contributed by atoms with Crippen molar-refractivity contribution in [1.29, 1.82) is 0 Å². The Bertz CT molecular complexity index is 1250. The Morgan fingerprint density at radius 3 is 2.08 bits per heavy atom. The first kappa shape index (κ1) is 29.7. The Kier molecular flexibility index (Phi) is 9.76. The Balaban J connectivity index is 2.07. The predicted octanol–water partition coefficient (Wildman–Crippen LogP) is 3.02. The van der Waals surface area contributed by atoms with Gasteiger partial charge in [-0.15, -0.1) is 0 Å². The molecule has 0 radical (unpaired) electrons. The van der Waals surface area contributed by atoms with Crippen LogP contribution in [-0.4, -0.2) is 60.0 Å². The van der Waals surface area contributed by atoms with Gasteiger partial charge in [0.15, 0.2) is 18.3 Å². The Labute approximate surface area is 230 Å². The number of carbonyl (C=O) groups excluding carboxylic acids is 4. The number of rotatable bonds is 8. The molecule has 0 bridgehead atoms. The molecule has 0 aliphatic carbocycles. The molecule has 0 aromatic heterocycles. The lowest BCUT2D eigenvalue weighted by atomic mass is 9.89. The molecule has 12 heteroatoms. The minimum Gasteiger partial charge on any atom is -0.506 e. The normalized spacial score (nSPS) is 22.4. The first-order valence-corrected chi connectivity index (χ1v) is 12.4. The van der Waals surface area contributed by atoms with E-state index in [9.17, 15) is 24.3 Å². The van der Waals surface area contributed by atoms with E-state index >= 15 is 0 Å². The first-order valence-electron chi connectivity index (χ1n) is 12.0. The highest BCUT2D eigenvalue weighted by Crippen LogP contribution is 2.39. The Hall–Kier alpha value is -3.83. The number of anilines is 1. The summed E-state index contributed by atoms with van der Waals surface area (Å²) in [4.78, 5) is 47.7. The highest BCUT2D eigenvalue weighted by atomic mass is 35.5. The molecule has 0 spiro atoms. The summed E-state index contributed by atoms with van der Waals surface area (Å²) in [5.41, 5.74) is 7.96. The van der Waals surface area contributed by atoms with Crippen LogP contribution in [0.25, 0.3) is 0 Å². The third-order valence-corrected chi connectivity index (χ3v) is 6.24. The lowest BCUT2D eigenvalue weighted by Gasteiger charge is -2.44. The molecule has 0 unspecified atom stereocenters. The largest absolute Gasteiger partial charge is 0.506 e. The van der Waals surface area contributed by atoms with E-state index in [0.29, 0.717) is 22.6 Å². The fourth-order valence-electron chi connectivity index (χ4n) is 4.34. The van der Waals surface area contributed by atoms with E-state index in [1.807, 2.05) is 0 Å². The lowest BCUT2D eigenvalue weighted by Crippen LogP contribution is -2.59. The quantitative estimate of drug-likeness (QED) is 0.210. The molecule has 39 heavy (non-hydrogen) atoms. The molecule has 3 rings (SSSR count). The second kappa shape index (κ2) is 12.8. The summed E-state index contributed by atoms with van der Waals surface area (Å²) in [6, 6.07) is 9.80. The highest BCUT2D eigenvalue weighted by Gasteiger charge is 2.52. The first-order chi connectivity index (χ1) is 18.3. The summed E-state index contributed by atoms with van der Waals surface area (Å²) < 4.78 is 27.8. The average molecular weight is 564 g/mol. The molecule has 1 aliphatic heterocycles. The van der Waals surface area contributed by atoms with E-state index in [1.54, 1.807) is 30.3 Å². The number of esters is 4. The van der Waals surface area contributed by atoms with Crippen molar-refractivity contribution in [2.75, 3.05) is 12.3 Å². The molecule has 1 aliphatic rings. The van der Waals surface area contributed by atoms with E-state index in [2.05, 4.69) is 0 Å². The number of nitrogens with two attached hydrogens (primary N) is 1. The van der Waals surface area contributed by atoms with E-state index in [4.69, 9.17) is 41.0 Å². The van der Waals surface area contributed by atoms with E-state index in [0.717, 1.165) is 19.4 Å². The van der Waals surface area contributed by atoms with Crippen molar-refractivity contribution in [2.45, 2.75) is 64.6 Å². The summed E-state index contributed by atoms with van der Waals surface area (Å²) in [6.07, 6.45) is -5.55. The molecule has 2 aromatic carbocycles. The van der Waals surface area contributed by atoms with Crippen LogP contribution in [0.1, 0.15) is 50.5 Å². The monoisotopic (exact) mass is 563 g/mol. The van der Waals surface area contributed by atoms with Gasteiger partial charge in [0, 0.05) is 32.7 Å². The Morgan fingerprint density at radius 1 is 0.872 bits per heavy atom. The summed E-state index contributed by atoms with van der Waals surface area (Å²) >= 11 is 6.48. The maximum Gasteiger partial charge on any atom is 0.303 e. The zero-order valence-corrected chi connectivity index (χ0v) is 22.6. The number of hydrogen-bond acceptors (Lipinski definition) is 11. The maximum absolute atomic E-state index is 12.1. The van der Waals surface area contributed by atoms with Gasteiger partial charge >= 0.3 is 23.9 Å². The smallest absolute Gasteiger partial charge is 0.303 e. The second-order valence-electron chi connectivity index (χ2n) is 9.04. The number of halogens is 1. The van der Waals surface area contributed by atoms with Crippen LogP contribution in [0.2, 0.25) is 5.02 Å². The van der Waals surface area contributed by atoms with Gasteiger partial charge in [-0.3, -0.25) is 19.2 Å². The van der Waals surface area contributed by atoms with Crippen molar-refractivity contribution < 1.29 is 48.0 Å². The summed E-state index contributed by atoms with van der Waals surface area (Å²) in [6.45, 7) is 4.36. The SMILES string of the molecule is CC(=O)OC[C@H]1O[C@@H](c2ccc(Cl)c(Cc3ccc(O)c(N)c3)c2)[C@H](OC(C)=O)[C@@H](OC(C)=O)[C@@H]1OC(C)=O. The van der Waals surface area contributed by atoms with Crippen LogP contribution in [0.15, 0.2) is 36.4 Å². The van der Waals surface area contributed by atoms with Crippen LogP contribution in [0.5, 0.6) is 5.75 Å². The van der Waals surface area contributed by atoms with Crippen LogP contribution in [0.4, 0.5) is 5.69 Å². The van der Waals surface area contributed by atoms with Gasteiger partial charge in [-0.25, -0.2) is 0 Å². The van der Waals surface area contributed by atoms with Gasteiger partial charge in [0.2, 0.25) is 0 Å². The van der Waals surface area contributed by atoms with Gasteiger partial charge in [0.1, 0.15) is 24.6 Å². The van der Waals surface area contributed by atoms with E-state index in [1.165, 1.54) is 19.9 Å². The van der Waals surface area contributed by atoms with Crippen LogP contribution < -0.4 is 5.73 Å². The maximum atomic E-state index is 12.1. The van der Waals surface area contributed by atoms with E-state index in [-0.39, 0.29) is 18.0 Å². The molecule has 210 valence electrons. The van der Waals surface area contributed by atoms with Crippen molar-refractivity contribution in [1.82, 2.24) is 0 Å². The van der Waals surface area contributed by atoms with Gasteiger partial charge in [0.25, 0.3) is 0 Å². The molecular formula is C27H30ClNO10. The molecule has 1 fully saturated rings.